The van der Waals surface area contributed by atoms with Crippen LogP contribution < -0.4 is 38.5 Å². The van der Waals surface area contributed by atoms with Crippen molar-refractivity contribution in [3.8, 4) is 0 Å². The average Bonchev–Trinajstić information content (AvgIpc) is 2.58. The van der Waals surface area contributed by atoms with Crippen LogP contribution in [0.25, 0.3) is 0 Å². The minimum absolute atomic E-state index is 0.0402. The van der Waals surface area contributed by atoms with Crippen molar-refractivity contribution in [2.45, 2.75) is 50.7 Å². The number of hydrogen-bond donors (Lipinski definition) is 8. The van der Waals surface area contributed by atoms with E-state index in [2.05, 4.69) is 21.3 Å². The molecule has 0 aliphatic heterocycles. The Morgan fingerprint density at radius 3 is 1.64 bits per heavy atom. The molecule has 160 valence electrons. The van der Waals surface area contributed by atoms with Crippen molar-refractivity contribution in [1.29, 1.82) is 0 Å². The summed E-state index contributed by atoms with van der Waals surface area (Å²) in [5, 5.41) is 18.7. The molecule has 0 saturated heterocycles. The second-order valence-corrected chi connectivity index (χ2v) is 6.12. The van der Waals surface area contributed by atoms with Crippen molar-refractivity contribution in [2.75, 3.05) is 13.1 Å². The average molecular weight is 403 g/mol. The standard InChI is InChI=1S/C15H29N7O6/c1-8(16)11(23)21-9(4-2-6-19-14(17)27)12(24)22-10(13(25)26)5-3-7-20-15(18)28/h8-10H,2-7,16H2,1H3,(H,21,23)(H,22,24)(H,25,26)(H3,17,19,27)(H3,18,20,28)/t8-,9-,10-/m0/s1. The van der Waals surface area contributed by atoms with Gasteiger partial charge in [-0.05, 0) is 32.6 Å². The molecule has 0 heterocycles. The summed E-state index contributed by atoms with van der Waals surface area (Å²) in [4.78, 5) is 56.9. The van der Waals surface area contributed by atoms with E-state index < -0.39 is 48.0 Å². The monoisotopic (exact) mass is 403 g/mol. The van der Waals surface area contributed by atoms with Crippen molar-refractivity contribution < 1.29 is 29.1 Å². The molecular formula is C15H29N7O6. The molecule has 0 rings (SSSR count). The number of carboxylic acids is 1. The Hall–Kier alpha value is -3.09. The minimum Gasteiger partial charge on any atom is -0.480 e. The molecule has 0 aliphatic carbocycles. The molecule has 0 aromatic heterocycles. The van der Waals surface area contributed by atoms with Crippen molar-refractivity contribution in [1.82, 2.24) is 21.3 Å². The van der Waals surface area contributed by atoms with Crippen LogP contribution in [0.15, 0.2) is 0 Å². The van der Waals surface area contributed by atoms with Crippen LogP contribution in [0.1, 0.15) is 32.6 Å². The zero-order valence-corrected chi connectivity index (χ0v) is 15.7. The molecule has 13 heteroatoms. The van der Waals surface area contributed by atoms with Crippen LogP contribution in [0.5, 0.6) is 0 Å². The molecule has 0 fully saturated rings. The van der Waals surface area contributed by atoms with Crippen molar-refractivity contribution in [3.05, 3.63) is 0 Å². The van der Waals surface area contributed by atoms with Crippen molar-refractivity contribution in [3.63, 3.8) is 0 Å². The second kappa shape index (κ2) is 13.1. The van der Waals surface area contributed by atoms with Crippen LogP contribution in [0.3, 0.4) is 0 Å². The van der Waals surface area contributed by atoms with E-state index in [4.69, 9.17) is 17.2 Å². The van der Waals surface area contributed by atoms with Gasteiger partial charge in [0.15, 0.2) is 0 Å². The van der Waals surface area contributed by atoms with E-state index in [-0.39, 0.29) is 32.4 Å². The zero-order valence-electron chi connectivity index (χ0n) is 15.7. The van der Waals surface area contributed by atoms with Gasteiger partial charge in [0, 0.05) is 13.1 Å². The normalized spacial score (nSPS) is 13.5. The molecule has 28 heavy (non-hydrogen) atoms. The lowest BCUT2D eigenvalue weighted by molar-refractivity contribution is -0.142. The van der Waals surface area contributed by atoms with E-state index in [1.54, 1.807) is 0 Å². The SMILES string of the molecule is C[C@H](N)C(=O)N[C@@H](CCCNC(N)=O)C(=O)N[C@@H](CCCNC(N)=O)C(=O)O. The fourth-order valence-corrected chi connectivity index (χ4v) is 2.14. The van der Waals surface area contributed by atoms with E-state index in [9.17, 15) is 29.1 Å². The summed E-state index contributed by atoms with van der Waals surface area (Å²) in [5.74, 6) is -2.55. The number of aliphatic carboxylic acids is 1. The third kappa shape index (κ3) is 11.5. The highest BCUT2D eigenvalue weighted by molar-refractivity contribution is 5.91. The first kappa shape index (κ1) is 24.9. The molecule has 0 aromatic rings. The smallest absolute Gasteiger partial charge is 0.326 e. The molecule has 0 aliphatic rings. The highest BCUT2D eigenvalue weighted by Crippen LogP contribution is 2.03. The molecule has 0 aromatic carbocycles. The highest BCUT2D eigenvalue weighted by Gasteiger charge is 2.26. The van der Waals surface area contributed by atoms with Gasteiger partial charge in [-0.1, -0.05) is 0 Å². The summed E-state index contributed by atoms with van der Waals surface area (Å²) < 4.78 is 0. The molecule has 0 unspecified atom stereocenters. The van der Waals surface area contributed by atoms with Gasteiger partial charge in [-0.15, -0.1) is 0 Å². The van der Waals surface area contributed by atoms with Crippen molar-refractivity contribution >= 4 is 29.8 Å². The number of primary amides is 2. The first-order valence-corrected chi connectivity index (χ1v) is 8.70. The number of hydrogen-bond acceptors (Lipinski definition) is 6. The number of rotatable bonds is 13. The topological polar surface area (TPSA) is 232 Å². The number of carboxylic acid groups (broad SMARTS) is 1. The number of carbonyl (C=O) groups is 5. The summed E-state index contributed by atoms with van der Waals surface area (Å²) in [5.41, 5.74) is 15.3. The fraction of sp³-hybridized carbons (Fsp3) is 0.667. The molecular weight excluding hydrogens is 374 g/mol. The summed E-state index contributed by atoms with van der Waals surface area (Å²) in [6.07, 6.45) is 0.735. The predicted molar refractivity (Wildman–Crippen MR) is 98.8 cm³/mol. The van der Waals surface area contributed by atoms with Crippen LogP contribution >= 0.6 is 0 Å². The maximum atomic E-state index is 12.5. The lowest BCUT2D eigenvalue weighted by Gasteiger charge is -2.22. The largest absolute Gasteiger partial charge is 0.480 e. The Morgan fingerprint density at radius 1 is 0.821 bits per heavy atom. The zero-order chi connectivity index (χ0) is 21.7. The number of urea groups is 2. The summed E-state index contributed by atoms with van der Waals surface area (Å²) in [6.45, 7) is 1.76. The van der Waals surface area contributed by atoms with Crippen molar-refractivity contribution in [2.24, 2.45) is 17.2 Å². The van der Waals surface area contributed by atoms with Crippen LogP contribution in [-0.4, -0.2) is 66.2 Å². The first-order chi connectivity index (χ1) is 13.0. The third-order valence-electron chi connectivity index (χ3n) is 3.60. The molecule has 0 saturated carbocycles. The van der Waals surface area contributed by atoms with E-state index >= 15 is 0 Å². The maximum Gasteiger partial charge on any atom is 0.326 e. The van der Waals surface area contributed by atoms with E-state index in [1.165, 1.54) is 6.92 Å². The van der Waals surface area contributed by atoms with E-state index in [1.807, 2.05) is 0 Å². The van der Waals surface area contributed by atoms with Gasteiger partial charge in [0.1, 0.15) is 12.1 Å². The van der Waals surface area contributed by atoms with Gasteiger partial charge >= 0.3 is 18.0 Å². The van der Waals surface area contributed by atoms with Gasteiger partial charge < -0.3 is 43.6 Å². The third-order valence-corrected chi connectivity index (χ3v) is 3.60. The predicted octanol–water partition coefficient (Wildman–Crippen LogP) is -2.72. The van der Waals surface area contributed by atoms with Crippen LogP contribution in [0.4, 0.5) is 9.59 Å². The number of nitrogens with two attached hydrogens (primary N) is 3. The maximum absolute atomic E-state index is 12.5. The Balaban J connectivity index is 4.84. The quantitative estimate of drug-likeness (QED) is 0.151. The molecule has 13 nitrogen and oxygen atoms in total. The molecule has 11 N–H and O–H groups in total. The lowest BCUT2D eigenvalue weighted by atomic mass is 10.1. The van der Waals surface area contributed by atoms with E-state index in [0.717, 1.165) is 0 Å². The Morgan fingerprint density at radius 2 is 1.25 bits per heavy atom. The first-order valence-electron chi connectivity index (χ1n) is 8.70. The Kier molecular flexibility index (Phi) is 11.7. The van der Waals surface area contributed by atoms with Crippen LogP contribution in [0, 0.1) is 0 Å². The second-order valence-electron chi connectivity index (χ2n) is 6.12. The number of amides is 6. The molecule has 0 bridgehead atoms. The lowest BCUT2D eigenvalue weighted by Crippen LogP contribution is -2.54. The minimum atomic E-state index is -1.26. The summed E-state index contributed by atoms with van der Waals surface area (Å²) >= 11 is 0. The van der Waals surface area contributed by atoms with E-state index in [0.29, 0.717) is 6.42 Å². The summed E-state index contributed by atoms with van der Waals surface area (Å²) in [6, 6.07) is -4.59. The molecule has 3 atom stereocenters. The van der Waals surface area contributed by atoms with Gasteiger partial charge in [0.25, 0.3) is 0 Å². The Bertz CT molecular complexity index is 569. The molecule has 0 spiro atoms. The van der Waals surface area contributed by atoms with Crippen LogP contribution in [0.2, 0.25) is 0 Å². The van der Waals surface area contributed by atoms with Gasteiger partial charge in [-0.25, -0.2) is 14.4 Å². The Labute approximate surface area is 162 Å². The number of carbonyl (C=O) groups excluding carboxylic acids is 4. The van der Waals surface area contributed by atoms with Gasteiger partial charge in [-0.3, -0.25) is 9.59 Å². The highest BCUT2D eigenvalue weighted by atomic mass is 16.4. The van der Waals surface area contributed by atoms with Gasteiger partial charge in [-0.2, -0.15) is 0 Å². The fourth-order valence-electron chi connectivity index (χ4n) is 2.14. The van der Waals surface area contributed by atoms with Gasteiger partial charge in [0.2, 0.25) is 11.8 Å². The molecule has 0 radical (unpaired) electrons. The van der Waals surface area contributed by atoms with Gasteiger partial charge in [0.05, 0.1) is 6.04 Å². The summed E-state index contributed by atoms with van der Waals surface area (Å²) in [7, 11) is 0. The number of nitrogens with one attached hydrogen (secondary N) is 4. The molecule has 6 amide bonds. The van der Waals surface area contributed by atoms with Crippen LogP contribution in [-0.2, 0) is 14.4 Å².